The van der Waals surface area contributed by atoms with Crippen LogP contribution in [0.1, 0.15) is 38.0 Å². The summed E-state index contributed by atoms with van der Waals surface area (Å²) in [6.07, 6.45) is -0.549. The van der Waals surface area contributed by atoms with E-state index in [1.165, 1.54) is 0 Å². The Morgan fingerprint density at radius 1 is 1.56 bits per heavy atom. The average molecular weight is 244 g/mol. The first-order valence-electron chi connectivity index (χ1n) is 6.11. The molecule has 0 heterocycles. The number of anilines is 1. The first-order chi connectivity index (χ1) is 8.49. The molecule has 0 spiro atoms. The third kappa shape index (κ3) is 3.35. The van der Waals surface area contributed by atoms with Gasteiger partial charge in [-0.2, -0.15) is 5.26 Å². The highest BCUT2D eigenvalue weighted by molar-refractivity contribution is 5.59. The summed E-state index contributed by atoms with van der Waals surface area (Å²) in [5.74, 6) is 0. The van der Waals surface area contributed by atoms with E-state index in [-0.39, 0.29) is 0 Å². The predicted octanol–water partition coefficient (Wildman–Crippen LogP) is 3.01. The van der Waals surface area contributed by atoms with Crippen LogP contribution in [-0.4, -0.2) is 18.2 Å². The number of benzene rings is 1. The molecule has 3 heteroatoms. The molecule has 1 unspecified atom stereocenters. The molecular weight excluding hydrogens is 224 g/mol. The maximum atomic E-state index is 9.81. The molecule has 3 nitrogen and oxygen atoms in total. The lowest BCUT2D eigenvalue weighted by Gasteiger charge is -2.27. The lowest BCUT2D eigenvalue weighted by molar-refractivity contribution is 0.199. The minimum Gasteiger partial charge on any atom is -0.389 e. The van der Waals surface area contributed by atoms with Crippen molar-refractivity contribution in [1.82, 2.24) is 0 Å². The highest BCUT2D eigenvalue weighted by Gasteiger charge is 2.14. The van der Waals surface area contributed by atoms with Crippen molar-refractivity contribution in [2.75, 3.05) is 18.0 Å². The fraction of sp³-hybridized carbons (Fsp3) is 0.400. The summed E-state index contributed by atoms with van der Waals surface area (Å²) >= 11 is 0. The SMILES string of the molecule is C=C(C)CN(CC)c1cc(C#N)ccc1C(C)O. The Labute approximate surface area is 109 Å². The summed E-state index contributed by atoms with van der Waals surface area (Å²) in [4.78, 5) is 2.12. The van der Waals surface area contributed by atoms with Crippen molar-refractivity contribution in [1.29, 1.82) is 5.26 Å². The van der Waals surface area contributed by atoms with E-state index in [1.54, 1.807) is 13.0 Å². The van der Waals surface area contributed by atoms with Gasteiger partial charge in [0.25, 0.3) is 0 Å². The van der Waals surface area contributed by atoms with Gasteiger partial charge in [0.15, 0.2) is 0 Å². The lowest BCUT2D eigenvalue weighted by atomic mass is 10.0. The maximum absolute atomic E-state index is 9.81. The predicted molar refractivity (Wildman–Crippen MR) is 74.5 cm³/mol. The number of likely N-dealkylation sites (N-methyl/N-ethyl adjacent to an activating group) is 1. The molecule has 0 amide bonds. The van der Waals surface area contributed by atoms with Crippen molar-refractivity contribution in [3.63, 3.8) is 0 Å². The standard InChI is InChI=1S/C15H20N2O/c1-5-17(10-11(2)3)15-8-13(9-16)6-7-14(15)12(4)18/h6-8,12,18H,2,5,10H2,1,3-4H3. The van der Waals surface area contributed by atoms with Crippen molar-refractivity contribution >= 4 is 5.69 Å². The fourth-order valence-electron chi connectivity index (χ4n) is 1.93. The van der Waals surface area contributed by atoms with Crippen molar-refractivity contribution < 1.29 is 5.11 Å². The van der Waals surface area contributed by atoms with Gasteiger partial charge < -0.3 is 10.0 Å². The summed E-state index contributed by atoms with van der Waals surface area (Å²) in [5.41, 5.74) is 3.41. The van der Waals surface area contributed by atoms with Gasteiger partial charge in [0.2, 0.25) is 0 Å². The van der Waals surface area contributed by atoms with Crippen LogP contribution in [0.2, 0.25) is 0 Å². The van der Waals surface area contributed by atoms with Gasteiger partial charge in [-0.25, -0.2) is 0 Å². The minimum atomic E-state index is -0.549. The van der Waals surface area contributed by atoms with Crippen molar-refractivity contribution in [3.05, 3.63) is 41.5 Å². The summed E-state index contributed by atoms with van der Waals surface area (Å²) < 4.78 is 0. The number of nitriles is 1. The molecule has 0 saturated carbocycles. The molecule has 0 aromatic heterocycles. The average Bonchev–Trinajstić information content (AvgIpc) is 2.34. The normalized spacial score (nSPS) is 11.7. The Hall–Kier alpha value is -1.79. The summed E-state index contributed by atoms with van der Waals surface area (Å²) in [6.45, 7) is 11.2. The second-order valence-electron chi connectivity index (χ2n) is 4.53. The molecule has 1 rings (SSSR count). The molecule has 0 saturated heterocycles. The zero-order valence-corrected chi connectivity index (χ0v) is 11.3. The van der Waals surface area contributed by atoms with Crippen LogP contribution in [0.5, 0.6) is 0 Å². The number of nitrogens with zero attached hydrogens (tertiary/aromatic N) is 2. The summed E-state index contributed by atoms with van der Waals surface area (Å²) in [7, 11) is 0. The highest BCUT2D eigenvalue weighted by Crippen LogP contribution is 2.28. The quantitative estimate of drug-likeness (QED) is 0.810. The van der Waals surface area contributed by atoms with Crippen LogP contribution in [0.25, 0.3) is 0 Å². The van der Waals surface area contributed by atoms with Gasteiger partial charge in [-0.3, -0.25) is 0 Å². The monoisotopic (exact) mass is 244 g/mol. The van der Waals surface area contributed by atoms with E-state index >= 15 is 0 Å². The molecule has 96 valence electrons. The van der Waals surface area contributed by atoms with Gasteiger partial charge in [0.05, 0.1) is 17.7 Å². The topological polar surface area (TPSA) is 47.3 Å². The van der Waals surface area contributed by atoms with Gasteiger partial charge >= 0.3 is 0 Å². The third-order valence-electron chi connectivity index (χ3n) is 2.79. The van der Waals surface area contributed by atoms with E-state index < -0.39 is 6.10 Å². The van der Waals surface area contributed by atoms with Gasteiger partial charge in [0.1, 0.15) is 0 Å². The van der Waals surface area contributed by atoms with Crippen molar-refractivity contribution in [3.8, 4) is 6.07 Å². The van der Waals surface area contributed by atoms with E-state index in [4.69, 9.17) is 5.26 Å². The number of aliphatic hydroxyl groups is 1. The van der Waals surface area contributed by atoms with Crippen LogP contribution in [-0.2, 0) is 0 Å². The van der Waals surface area contributed by atoms with Gasteiger partial charge in [-0.1, -0.05) is 18.2 Å². The van der Waals surface area contributed by atoms with E-state index in [0.29, 0.717) is 5.56 Å². The number of rotatable bonds is 5. The van der Waals surface area contributed by atoms with Crippen LogP contribution < -0.4 is 4.90 Å². The Balaban J connectivity index is 3.24. The number of aliphatic hydroxyl groups excluding tert-OH is 1. The van der Waals surface area contributed by atoms with E-state index in [9.17, 15) is 5.11 Å². The van der Waals surface area contributed by atoms with Gasteiger partial charge in [0, 0.05) is 24.3 Å². The van der Waals surface area contributed by atoms with Crippen molar-refractivity contribution in [2.45, 2.75) is 26.9 Å². The van der Waals surface area contributed by atoms with E-state index in [2.05, 4.69) is 17.5 Å². The largest absolute Gasteiger partial charge is 0.389 e. The Morgan fingerprint density at radius 3 is 2.67 bits per heavy atom. The van der Waals surface area contributed by atoms with E-state index in [0.717, 1.165) is 29.9 Å². The van der Waals surface area contributed by atoms with Crippen LogP contribution in [0.15, 0.2) is 30.4 Å². The highest BCUT2D eigenvalue weighted by atomic mass is 16.3. The fourth-order valence-corrected chi connectivity index (χ4v) is 1.93. The van der Waals surface area contributed by atoms with Gasteiger partial charge in [-0.15, -0.1) is 0 Å². The second kappa shape index (κ2) is 6.23. The van der Waals surface area contributed by atoms with Gasteiger partial charge in [-0.05, 0) is 32.9 Å². The second-order valence-corrected chi connectivity index (χ2v) is 4.53. The number of hydrogen-bond acceptors (Lipinski definition) is 3. The molecule has 0 radical (unpaired) electrons. The molecule has 0 aliphatic rings. The molecule has 1 aromatic rings. The molecule has 1 aromatic carbocycles. The minimum absolute atomic E-state index is 0.549. The molecule has 18 heavy (non-hydrogen) atoms. The summed E-state index contributed by atoms with van der Waals surface area (Å²) in [6, 6.07) is 7.52. The third-order valence-corrected chi connectivity index (χ3v) is 2.79. The van der Waals surface area contributed by atoms with Crippen molar-refractivity contribution in [2.24, 2.45) is 0 Å². The Morgan fingerprint density at radius 2 is 2.22 bits per heavy atom. The molecule has 0 aliphatic carbocycles. The lowest BCUT2D eigenvalue weighted by Crippen LogP contribution is -2.26. The maximum Gasteiger partial charge on any atom is 0.0992 e. The zero-order chi connectivity index (χ0) is 13.7. The van der Waals surface area contributed by atoms with E-state index in [1.807, 2.05) is 26.0 Å². The van der Waals surface area contributed by atoms with Crippen LogP contribution in [0.3, 0.4) is 0 Å². The first kappa shape index (κ1) is 14.3. The molecule has 0 fully saturated rings. The smallest absolute Gasteiger partial charge is 0.0992 e. The Bertz CT molecular complexity index is 472. The van der Waals surface area contributed by atoms with Crippen LogP contribution >= 0.6 is 0 Å². The molecular formula is C15H20N2O. The molecule has 1 atom stereocenters. The molecule has 0 bridgehead atoms. The summed E-state index contributed by atoms with van der Waals surface area (Å²) in [5, 5.41) is 18.8. The molecule has 0 aliphatic heterocycles. The Kier molecular flexibility index (Phi) is 4.94. The number of hydrogen-bond donors (Lipinski definition) is 1. The zero-order valence-electron chi connectivity index (χ0n) is 11.3. The first-order valence-corrected chi connectivity index (χ1v) is 6.11. The molecule has 1 N–H and O–H groups in total. The van der Waals surface area contributed by atoms with Crippen LogP contribution in [0, 0.1) is 11.3 Å². The van der Waals surface area contributed by atoms with Crippen LogP contribution in [0.4, 0.5) is 5.69 Å².